The molecule has 0 aromatic carbocycles. The van der Waals surface area contributed by atoms with Gasteiger partial charge in [-0.2, -0.15) is 16.4 Å². The summed E-state index contributed by atoms with van der Waals surface area (Å²) in [5, 5.41) is 8.56. The molecule has 3 heterocycles. The van der Waals surface area contributed by atoms with Gasteiger partial charge in [0.05, 0.1) is 17.5 Å². The number of carbonyl (C=O) groups excluding carboxylic acids is 1. The maximum Gasteiger partial charge on any atom is 0.257 e. The van der Waals surface area contributed by atoms with Crippen molar-refractivity contribution in [3.63, 3.8) is 0 Å². The second-order valence-electron chi connectivity index (χ2n) is 6.64. The lowest BCUT2D eigenvalue weighted by molar-refractivity contribution is 0.0783. The molecular weight excluding hydrogens is 308 g/mol. The van der Waals surface area contributed by atoms with Gasteiger partial charge in [-0.3, -0.25) is 9.48 Å². The first kappa shape index (κ1) is 16.2. The number of amides is 1. The van der Waals surface area contributed by atoms with Crippen LogP contribution in [0.15, 0.2) is 23.0 Å². The Hall–Kier alpha value is -1.66. The maximum atomic E-state index is 12.8. The highest BCUT2D eigenvalue weighted by Crippen LogP contribution is 2.24. The fourth-order valence-electron chi connectivity index (χ4n) is 3.28. The zero-order valence-corrected chi connectivity index (χ0v) is 14.8. The Morgan fingerprint density at radius 1 is 1.43 bits per heavy atom. The molecule has 0 saturated carbocycles. The van der Waals surface area contributed by atoms with Crippen molar-refractivity contribution in [3.05, 3.63) is 39.8 Å². The molecule has 3 rings (SSSR count). The zero-order chi connectivity index (χ0) is 16.4. The summed E-state index contributed by atoms with van der Waals surface area (Å²) in [6, 6.07) is 2.06. The second kappa shape index (κ2) is 6.84. The number of nitrogens with zero attached hydrogens (tertiary/aromatic N) is 4. The third kappa shape index (κ3) is 3.64. The lowest BCUT2D eigenvalue weighted by Gasteiger charge is -2.27. The molecule has 0 aliphatic carbocycles. The second-order valence-corrected chi connectivity index (χ2v) is 7.42. The number of hydrogen-bond acceptors (Lipinski definition) is 4. The van der Waals surface area contributed by atoms with E-state index in [0.29, 0.717) is 12.5 Å². The number of carbonyl (C=O) groups is 1. The molecule has 1 aliphatic heterocycles. The molecule has 0 N–H and O–H groups in total. The summed E-state index contributed by atoms with van der Waals surface area (Å²) in [5.74, 6) is 0.672. The van der Waals surface area contributed by atoms with Gasteiger partial charge in [0.25, 0.3) is 5.91 Å². The fraction of sp³-hybridized carbons (Fsp3) is 0.529. The molecule has 124 valence electrons. The van der Waals surface area contributed by atoms with E-state index in [1.165, 1.54) is 5.56 Å². The Bertz CT molecular complexity index is 662. The van der Waals surface area contributed by atoms with Gasteiger partial charge >= 0.3 is 0 Å². The van der Waals surface area contributed by atoms with Crippen LogP contribution >= 0.6 is 11.3 Å². The van der Waals surface area contributed by atoms with E-state index in [-0.39, 0.29) is 5.91 Å². The van der Waals surface area contributed by atoms with Crippen LogP contribution in [-0.2, 0) is 19.5 Å². The third-order valence-corrected chi connectivity index (χ3v) is 5.11. The largest absolute Gasteiger partial charge is 0.337 e. The summed E-state index contributed by atoms with van der Waals surface area (Å²) in [6.07, 6.45) is 3.82. The van der Waals surface area contributed by atoms with E-state index in [2.05, 4.69) is 35.5 Å². The van der Waals surface area contributed by atoms with Crippen LogP contribution in [0.5, 0.6) is 0 Å². The lowest BCUT2D eigenvalue weighted by atomic mass is 9.94. The maximum absolute atomic E-state index is 12.8. The summed E-state index contributed by atoms with van der Waals surface area (Å²) in [7, 11) is 6.07. The van der Waals surface area contributed by atoms with E-state index in [9.17, 15) is 4.79 Å². The van der Waals surface area contributed by atoms with E-state index in [1.54, 1.807) is 22.4 Å². The fourth-order valence-corrected chi connectivity index (χ4v) is 3.94. The van der Waals surface area contributed by atoms with Crippen molar-refractivity contribution in [2.24, 2.45) is 5.92 Å². The molecule has 0 radical (unpaired) electrons. The quantitative estimate of drug-likeness (QED) is 0.844. The van der Waals surface area contributed by atoms with Crippen LogP contribution in [0.1, 0.15) is 28.0 Å². The van der Waals surface area contributed by atoms with Gasteiger partial charge in [0.1, 0.15) is 0 Å². The highest BCUT2D eigenvalue weighted by Gasteiger charge is 2.26. The molecule has 0 spiro atoms. The molecule has 1 aliphatic rings. The molecule has 5 nitrogen and oxygen atoms in total. The van der Waals surface area contributed by atoms with Crippen LogP contribution in [0.2, 0.25) is 0 Å². The summed E-state index contributed by atoms with van der Waals surface area (Å²) in [6.45, 7) is 2.62. The summed E-state index contributed by atoms with van der Waals surface area (Å²) in [4.78, 5) is 16.8. The van der Waals surface area contributed by atoms with Crippen LogP contribution in [0, 0.1) is 5.92 Å². The molecule has 23 heavy (non-hydrogen) atoms. The van der Waals surface area contributed by atoms with Crippen molar-refractivity contribution in [3.8, 4) is 0 Å². The number of rotatable bonds is 5. The van der Waals surface area contributed by atoms with Crippen molar-refractivity contribution in [2.75, 3.05) is 27.7 Å². The van der Waals surface area contributed by atoms with Crippen molar-refractivity contribution >= 4 is 17.2 Å². The predicted octanol–water partition coefficient (Wildman–Crippen LogP) is 2.34. The highest BCUT2D eigenvalue weighted by molar-refractivity contribution is 7.07. The average molecular weight is 332 g/mol. The first-order valence-electron chi connectivity index (χ1n) is 8.00. The molecule has 0 fully saturated rings. The zero-order valence-electron chi connectivity index (χ0n) is 14.0. The monoisotopic (exact) mass is 332 g/mol. The van der Waals surface area contributed by atoms with Crippen molar-refractivity contribution in [1.29, 1.82) is 0 Å². The highest BCUT2D eigenvalue weighted by atomic mass is 32.1. The third-order valence-electron chi connectivity index (χ3n) is 4.38. The summed E-state index contributed by atoms with van der Waals surface area (Å²) in [5.41, 5.74) is 3.05. The van der Waals surface area contributed by atoms with E-state index in [0.717, 1.165) is 37.2 Å². The van der Waals surface area contributed by atoms with E-state index in [4.69, 9.17) is 0 Å². The SMILES string of the molecule is CN(C)CC1CCn2ncc(C(=O)N(C)Cc3ccsc3)c2C1. The molecular formula is C17H24N4OS. The first-order valence-corrected chi connectivity index (χ1v) is 8.95. The van der Waals surface area contributed by atoms with Gasteiger partial charge in [-0.05, 0) is 55.2 Å². The summed E-state index contributed by atoms with van der Waals surface area (Å²) >= 11 is 1.66. The van der Waals surface area contributed by atoms with Gasteiger partial charge < -0.3 is 9.80 Å². The van der Waals surface area contributed by atoms with Gasteiger partial charge in [-0.25, -0.2) is 0 Å². The van der Waals surface area contributed by atoms with Gasteiger partial charge in [0.15, 0.2) is 0 Å². The molecule has 0 bridgehead atoms. The Labute approximate surface area is 141 Å². The van der Waals surface area contributed by atoms with Crippen LogP contribution in [0.4, 0.5) is 0 Å². The predicted molar refractivity (Wildman–Crippen MR) is 92.7 cm³/mol. The Kier molecular flexibility index (Phi) is 4.82. The summed E-state index contributed by atoms with van der Waals surface area (Å²) < 4.78 is 2.01. The molecule has 2 aromatic heterocycles. The van der Waals surface area contributed by atoms with E-state index in [1.807, 2.05) is 17.1 Å². The number of aromatic nitrogens is 2. The smallest absolute Gasteiger partial charge is 0.257 e. The molecule has 0 saturated heterocycles. The number of thiophene rings is 1. The lowest BCUT2D eigenvalue weighted by Crippen LogP contribution is -2.31. The van der Waals surface area contributed by atoms with Crippen LogP contribution in [-0.4, -0.2) is 53.2 Å². The normalized spacial score (nSPS) is 17.3. The van der Waals surface area contributed by atoms with Crippen molar-refractivity contribution in [2.45, 2.75) is 25.9 Å². The van der Waals surface area contributed by atoms with Gasteiger partial charge in [-0.15, -0.1) is 0 Å². The number of fused-ring (bicyclic) bond motifs is 1. The van der Waals surface area contributed by atoms with Crippen molar-refractivity contribution < 1.29 is 4.79 Å². The number of hydrogen-bond donors (Lipinski definition) is 0. The van der Waals surface area contributed by atoms with Crippen molar-refractivity contribution in [1.82, 2.24) is 19.6 Å². The Balaban J connectivity index is 1.74. The molecule has 1 amide bonds. The van der Waals surface area contributed by atoms with Crippen LogP contribution < -0.4 is 0 Å². The minimum absolute atomic E-state index is 0.0722. The Morgan fingerprint density at radius 2 is 2.26 bits per heavy atom. The van der Waals surface area contributed by atoms with Crippen LogP contribution in [0.25, 0.3) is 0 Å². The van der Waals surface area contributed by atoms with E-state index >= 15 is 0 Å². The molecule has 2 aromatic rings. The average Bonchev–Trinajstić information content (AvgIpc) is 3.14. The first-order chi connectivity index (χ1) is 11.0. The van der Waals surface area contributed by atoms with Gasteiger partial charge in [0, 0.05) is 26.7 Å². The minimum atomic E-state index is 0.0722. The molecule has 1 unspecified atom stereocenters. The van der Waals surface area contributed by atoms with Gasteiger partial charge in [-0.1, -0.05) is 0 Å². The topological polar surface area (TPSA) is 41.4 Å². The Morgan fingerprint density at radius 3 is 2.96 bits per heavy atom. The number of aryl methyl sites for hydroxylation is 1. The molecule has 1 atom stereocenters. The van der Waals surface area contributed by atoms with Crippen LogP contribution in [0.3, 0.4) is 0 Å². The standard InChI is InChI=1S/C17H24N4OS/c1-19(2)10-13-4-6-21-16(8-13)15(9-18-21)17(22)20(3)11-14-5-7-23-12-14/h5,7,9,12-13H,4,6,8,10-11H2,1-3H3. The molecule has 6 heteroatoms. The van der Waals surface area contributed by atoms with E-state index < -0.39 is 0 Å². The minimum Gasteiger partial charge on any atom is -0.337 e. The van der Waals surface area contributed by atoms with Gasteiger partial charge in [0.2, 0.25) is 0 Å².